The maximum atomic E-state index is 12.0. The lowest BCUT2D eigenvalue weighted by Crippen LogP contribution is -2.55. The van der Waals surface area contributed by atoms with Crippen molar-refractivity contribution in [1.29, 1.82) is 0 Å². The van der Waals surface area contributed by atoms with Crippen LogP contribution in [0.5, 0.6) is 0 Å². The van der Waals surface area contributed by atoms with Gasteiger partial charge in [-0.3, -0.25) is 4.79 Å². The molecule has 0 aromatic rings. The molecule has 1 amide bonds. The highest BCUT2D eigenvalue weighted by atomic mass is 16.2. The zero-order chi connectivity index (χ0) is 12.4. The van der Waals surface area contributed by atoms with Crippen LogP contribution >= 0.6 is 0 Å². The van der Waals surface area contributed by atoms with Crippen LogP contribution in [0.3, 0.4) is 0 Å². The van der Waals surface area contributed by atoms with Crippen LogP contribution in [0.4, 0.5) is 0 Å². The monoisotopic (exact) mass is 227 g/mol. The minimum atomic E-state index is -0.262. The molecule has 0 atom stereocenters. The molecular weight excluding hydrogens is 202 g/mol. The summed E-state index contributed by atoms with van der Waals surface area (Å²) in [5, 5.41) is 3.04. The number of hydrogen-bond acceptors (Lipinski definition) is 3. The second kappa shape index (κ2) is 4.72. The van der Waals surface area contributed by atoms with E-state index >= 15 is 0 Å². The molecular formula is C12H25N3O. The molecule has 4 heteroatoms. The van der Waals surface area contributed by atoms with E-state index in [1.54, 1.807) is 0 Å². The molecule has 3 N–H and O–H groups in total. The fourth-order valence-corrected chi connectivity index (χ4v) is 1.77. The lowest BCUT2D eigenvalue weighted by Gasteiger charge is -2.40. The Balaban J connectivity index is 2.47. The summed E-state index contributed by atoms with van der Waals surface area (Å²) in [6, 6.07) is 0. The fourth-order valence-electron chi connectivity index (χ4n) is 1.77. The van der Waals surface area contributed by atoms with Crippen LogP contribution in [0.15, 0.2) is 0 Å². The number of rotatable bonds is 5. The zero-order valence-corrected chi connectivity index (χ0v) is 11.0. The molecule has 0 spiro atoms. The van der Waals surface area contributed by atoms with Crippen molar-refractivity contribution < 1.29 is 4.79 Å². The van der Waals surface area contributed by atoms with Gasteiger partial charge in [-0.15, -0.1) is 0 Å². The summed E-state index contributed by atoms with van der Waals surface area (Å²) in [7, 11) is 4.04. The SMILES string of the molecule is CN(C)C(C)(C)CNC(=O)C1(CN)CCC1. The number of nitrogens with zero attached hydrogens (tertiary/aromatic N) is 1. The molecule has 16 heavy (non-hydrogen) atoms. The van der Waals surface area contributed by atoms with Crippen LogP contribution < -0.4 is 11.1 Å². The minimum Gasteiger partial charge on any atom is -0.354 e. The van der Waals surface area contributed by atoms with Crippen molar-refractivity contribution in [3.63, 3.8) is 0 Å². The largest absolute Gasteiger partial charge is 0.354 e. The van der Waals surface area contributed by atoms with Crippen molar-refractivity contribution in [1.82, 2.24) is 10.2 Å². The van der Waals surface area contributed by atoms with Crippen molar-refractivity contribution >= 4 is 5.91 Å². The van der Waals surface area contributed by atoms with Gasteiger partial charge in [0.1, 0.15) is 0 Å². The van der Waals surface area contributed by atoms with E-state index in [2.05, 4.69) is 24.1 Å². The normalized spacial score (nSPS) is 19.4. The Hall–Kier alpha value is -0.610. The molecule has 0 aromatic heterocycles. The maximum Gasteiger partial charge on any atom is 0.227 e. The van der Waals surface area contributed by atoms with Gasteiger partial charge in [-0.2, -0.15) is 0 Å². The molecule has 0 heterocycles. The van der Waals surface area contributed by atoms with Gasteiger partial charge in [-0.25, -0.2) is 0 Å². The lowest BCUT2D eigenvalue weighted by atomic mass is 9.68. The Morgan fingerprint density at radius 2 is 2.00 bits per heavy atom. The third kappa shape index (κ3) is 2.55. The van der Waals surface area contributed by atoms with Crippen LogP contribution in [0.2, 0.25) is 0 Å². The van der Waals surface area contributed by atoms with Gasteiger partial charge in [0.05, 0.1) is 5.41 Å². The fraction of sp³-hybridized carbons (Fsp3) is 0.917. The van der Waals surface area contributed by atoms with E-state index < -0.39 is 0 Å². The smallest absolute Gasteiger partial charge is 0.227 e. The summed E-state index contributed by atoms with van der Waals surface area (Å²) < 4.78 is 0. The van der Waals surface area contributed by atoms with Crippen LogP contribution in [-0.4, -0.2) is 43.5 Å². The second-order valence-corrected chi connectivity index (χ2v) is 5.73. The van der Waals surface area contributed by atoms with Crippen molar-refractivity contribution in [2.45, 2.75) is 38.6 Å². The Morgan fingerprint density at radius 3 is 2.31 bits per heavy atom. The van der Waals surface area contributed by atoms with E-state index in [0.29, 0.717) is 13.1 Å². The van der Waals surface area contributed by atoms with Gasteiger partial charge in [0.2, 0.25) is 5.91 Å². The number of nitrogens with two attached hydrogens (primary N) is 1. The Bertz CT molecular complexity index is 251. The number of carbonyl (C=O) groups is 1. The highest BCUT2D eigenvalue weighted by Gasteiger charge is 2.43. The molecule has 1 aliphatic rings. The predicted octanol–water partition coefficient (Wildman–Crippen LogP) is 0.572. The Morgan fingerprint density at radius 1 is 1.44 bits per heavy atom. The predicted molar refractivity (Wildman–Crippen MR) is 66.1 cm³/mol. The molecule has 0 aliphatic heterocycles. The van der Waals surface area contributed by atoms with Crippen LogP contribution in [0.25, 0.3) is 0 Å². The van der Waals surface area contributed by atoms with E-state index in [0.717, 1.165) is 19.3 Å². The first kappa shape index (κ1) is 13.5. The molecule has 0 radical (unpaired) electrons. The third-order valence-corrected chi connectivity index (χ3v) is 4.08. The zero-order valence-electron chi connectivity index (χ0n) is 11.0. The van der Waals surface area contributed by atoms with Gasteiger partial charge in [0.25, 0.3) is 0 Å². The number of hydrogen-bond donors (Lipinski definition) is 2. The molecule has 1 saturated carbocycles. The first-order chi connectivity index (χ1) is 7.34. The van der Waals surface area contributed by atoms with Gasteiger partial charge < -0.3 is 16.0 Å². The number of amides is 1. The van der Waals surface area contributed by atoms with Gasteiger partial charge in [0.15, 0.2) is 0 Å². The van der Waals surface area contributed by atoms with Gasteiger partial charge >= 0.3 is 0 Å². The van der Waals surface area contributed by atoms with Crippen molar-refractivity contribution in [2.75, 3.05) is 27.2 Å². The topological polar surface area (TPSA) is 58.4 Å². The quantitative estimate of drug-likeness (QED) is 0.722. The number of likely N-dealkylation sites (N-methyl/N-ethyl adjacent to an activating group) is 1. The molecule has 1 aliphatic carbocycles. The minimum absolute atomic E-state index is 0.0187. The summed E-state index contributed by atoms with van der Waals surface area (Å²) in [5.41, 5.74) is 5.42. The van der Waals surface area contributed by atoms with E-state index in [1.165, 1.54) is 0 Å². The average molecular weight is 227 g/mol. The molecule has 0 bridgehead atoms. The van der Waals surface area contributed by atoms with E-state index in [1.807, 2.05) is 14.1 Å². The van der Waals surface area contributed by atoms with Gasteiger partial charge in [0, 0.05) is 18.6 Å². The van der Waals surface area contributed by atoms with Crippen molar-refractivity contribution in [2.24, 2.45) is 11.1 Å². The Labute approximate surface area is 98.6 Å². The molecule has 94 valence electrons. The summed E-state index contributed by atoms with van der Waals surface area (Å²) in [4.78, 5) is 14.2. The standard InChI is InChI=1S/C12H25N3O/c1-11(2,15(3)4)9-14-10(16)12(8-13)6-5-7-12/h5-9,13H2,1-4H3,(H,14,16). The van der Waals surface area contributed by atoms with Crippen molar-refractivity contribution in [3.05, 3.63) is 0 Å². The highest BCUT2D eigenvalue weighted by molar-refractivity contribution is 5.83. The van der Waals surface area contributed by atoms with Crippen LogP contribution in [-0.2, 0) is 4.79 Å². The molecule has 4 nitrogen and oxygen atoms in total. The summed E-state index contributed by atoms with van der Waals surface area (Å²) >= 11 is 0. The lowest BCUT2D eigenvalue weighted by molar-refractivity contribution is -0.135. The van der Waals surface area contributed by atoms with Crippen LogP contribution in [0, 0.1) is 5.41 Å². The number of nitrogens with one attached hydrogen (secondary N) is 1. The summed E-state index contributed by atoms with van der Waals surface area (Å²) in [5.74, 6) is 0.135. The van der Waals surface area contributed by atoms with Crippen molar-refractivity contribution in [3.8, 4) is 0 Å². The summed E-state index contributed by atoms with van der Waals surface area (Å²) in [6.45, 7) is 5.37. The first-order valence-corrected chi connectivity index (χ1v) is 6.00. The third-order valence-electron chi connectivity index (χ3n) is 4.08. The molecule has 0 aromatic carbocycles. The molecule has 1 rings (SSSR count). The molecule has 1 fully saturated rings. The Kier molecular flexibility index (Phi) is 3.97. The number of carbonyl (C=O) groups excluding carboxylic acids is 1. The van der Waals surface area contributed by atoms with E-state index in [9.17, 15) is 4.79 Å². The first-order valence-electron chi connectivity index (χ1n) is 6.00. The van der Waals surface area contributed by atoms with Gasteiger partial charge in [-0.05, 0) is 40.8 Å². The molecule has 0 saturated heterocycles. The van der Waals surface area contributed by atoms with Gasteiger partial charge in [-0.1, -0.05) is 6.42 Å². The molecule has 0 unspecified atom stereocenters. The van der Waals surface area contributed by atoms with E-state index in [-0.39, 0.29) is 16.9 Å². The summed E-state index contributed by atoms with van der Waals surface area (Å²) in [6.07, 6.45) is 3.01. The second-order valence-electron chi connectivity index (χ2n) is 5.73. The average Bonchev–Trinajstić information content (AvgIpc) is 2.14. The van der Waals surface area contributed by atoms with Crippen LogP contribution in [0.1, 0.15) is 33.1 Å². The maximum absolute atomic E-state index is 12.0. The van der Waals surface area contributed by atoms with E-state index in [4.69, 9.17) is 5.73 Å². The highest BCUT2D eigenvalue weighted by Crippen LogP contribution is 2.40.